The van der Waals surface area contributed by atoms with Gasteiger partial charge < -0.3 is 15.5 Å². The number of nitro benzene ring substituents is 1. The third kappa shape index (κ3) is 5.33. The molecule has 2 aromatic carbocycles. The summed E-state index contributed by atoms with van der Waals surface area (Å²) in [6.07, 6.45) is 0.970. The van der Waals surface area contributed by atoms with E-state index in [-0.39, 0.29) is 17.5 Å². The highest BCUT2D eigenvalue weighted by Gasteiger charge is 2.10. The molecule has 128 valence electrons. The highest BCUT2D eigenvalue weighted by molar-refractivity contribution is 5.33. The number of aliphatic hydroxyl groups excluding tert-OH is 1. The predicted molar refractivity (Wildman–Crippen MR) is 91.9 cm³/mol. The maximum Gasteiger partial charge on any atom is 0.269 e. The number of benzene rings is 2. The van der Waals surface area contributed by atoms with Crippen molar-refractivity contribution < 1.29 is 15.1 Å². The zero-order valence-corrected chi connectivity index (χ0v) is 13.6. The molecule has 6 nitrogen and oxygen atoms in total. The standard InChI is InChI=1S/C18H22N2O4/c1-13(5-6-14-7-9-16(10-8-14)20(23)24)19-12-18(22)15-3-2-4-17(21)11-15/h2-4,7-11,13,18-19,21-22H,5-6,12H2,1H3. The fourth-order valence-electron chi connectivity index (χ4n) is 2.43. The summed E-state index contributed by atoms with van der Waals surface area (Å²) in [6.45, 7) is 2.42. The minimum absolute atomic E-state index is 0.0964. The SMILES string of the molecule is CC(CCc1ccc([N+](=O)[O-])cc1)NCC(O)c1cccc(O)c1. The number of hydrogen-bond donors (Lipinski definition) is 3. The number of nitrogens with zero attached hydrogens (tertiary/aromatic N) is 1. The van der Waals surface area contributed by atoms with Crippen LogP contribution >= 0.6 is 0 Å². The van der Waals surface area contributed by atoms with Crippen molar-refractivity contribution in [3.63, 3.8) is 0 Å². The minimum atomic E-state index is -0.682. The van der Waals surface area contributed by atoms with Crippen LogP contribution in [0.25, 0.3) is 0 Å². The van der Waals surface area contributed by atoms with Crippen LogP contribution < -0.4 is 5.32 Å². The number of phenolic OH excluding ortho intramolecular Hbond substituents is 1. The minimum Gasteiger partial charge on any atom is -0.508 e. The van der Waals surface area contributed by atoms with E-state index in [4.69, 9.17) is 0 Å². The molecule has 2 rings (SSSR count). The van der Waals surface area contributed by atoms with Crippen molar-refractivity contribution in [3.05, 3.63) is 69.8 Å². The Morgan fingerprint density at radius 3 is 2.54 bits per heavy atom. The van der Waals surface area contributed by atoms with Gasteiger partial charge in [0.25, 0.3) is 5.69 Å². The summed E-state index contributed by atoms with van der Waals surface area (Å²) in [5.41, 5.74) is 1.81. The molecular formula is C18H22N2O4. The second kappa shape index (κ2) is 8.42. The lowest BCUT2D eigenvalue weighted by Gasteiger charge is -2.17. The molecule has 2 aromatic rings. The van der Waals surface area contributed by atoms with Crippen LogP contribution in [0.1, 0.15) is 30.6 Å². The van der Waals surface area contributed by atoms with Crippen LogP contribution in [0.5, 0.6) is 5.75 Å². The first-order chi connectivity index (χ1) is 11.5. The number of aromatic hydroxyl groups is 1. The molecule has 24 heavy (non-hydrogen) atoms. The van der Waals surface area contributed by atoms with E-state index in [1.54, 1.807) is 36.4 Å². The predicted octanol–water partition coefficient (Wildman–Crippen LogP) is 2.94. The third-order valence-corrected chi connectivity index (χ3v) is 3.93. The molecule has 0 bridgehead atoms. The average Bonchev–Trinajstić information content (AvgIpc) is 2.58. The van der Waals surface area contributed by atoms with E-state index in [0.717, 1.165) is 18.4 Å². The molecule has 0 heterocycles. The van der Waals surface area contributed by atoms with Gasteiger partial charge in [-0.05, 0) is 43.0 Å². The Balaban J connectivity index is 1.76. The molecule has 0 aliphatic heterocycles. The van der Waals surface area contributed by atoms with Gasteiger partial charge in [0.1, 0.15) is 5.75 Å². The smallest absolute Gasteiger partial charge is 0.269 e. The van der Waals surface area contributed by atoms with Crippen LogP contribution in [-0.4, -0.2) is 27.7 Å². The lowest BCUT2D eigenvalue weighted by molar-refractivity contribution is -0.384. The molecular weight excluding hydrogens is 308 g/mol. The quantitative estimate of drug-likeness (QED) is 0.511. The van der Waals surface area contributed by atoms with Gasteiger partial charge in [-0.3, -0.25) is 10.1 Å². The van der Waals surface area contributed by atoms with Crippen LogP contribution in [0.2, 0.25) is 0 Å². The van der Waals surface area contributed by atoms with E-state index in [0.29, 0.717) is 12.1 Å². The van der Waals surface area contributed by atoms with Crippen molar-refractivity contribution in [2.75, 3.05) is 6.54 Å². The van der Waals surface area contributed by atoms with Gasteiger partial charge in [-0.15, -0.1) is 0 Å². The molecule has 2 unspecified atom stereocenters. The third-order valence-electron chi connectivity index (χ3n) is 3.93. The number of phenols is 1. The largest absolute Gasteiger partial charge is 0.508 e. The van der Waals surface area contributed by atoms with Crippen molar-refractivity contribution in [1.82, 2.24) is 5.32 Å². The normalized spacial score (nSPS) is 13.4. The summed E-state index contributed by atoms with van der Waals surface area (Å²) in [6, 6.07) is 13.3. The van der Waals surface area contributed by atoms with Crippen LogP contribution in [0.4, 0.5) is 5.69 Å². The van der Waals surface area contributed by atoms with E-state index >= 15 is 0 Å². The second-order valence-electron chi connectivity index (χ2n) is 5.88. The Labute approximate surface area is 140 Å². The first-order valence-electron chi connectivity index (χ1n) is 7.89. The topological polar surface area (TPSA) is 95.6 Å². The first-order valence-corrected chi connectivity index (χ1v) is 7.89. The molecule has 0 amide bonds. The number of non-ortho nitro benzene ring substituents is 1. The molecule has 0 aliphatic rings. The fourth-order valence-corrected chi connectivity index (χ4v) is 2.43. The Kier molecular flexibility index (Phi) is 6.28. The van der Waals surface area contributed by atoms with Crippen molar-refractivity contribution >= 4 is 5.69 Å². The highest BCUT2D eigenvalue weighted by Crippen LogP contribution is 2.18. The van der Waals surface area contributed by atoms with Crippen molar-refractivity contribution in [2.45, 2.75) is 31.9 Å². The Morgan fingerprint density at radius 1 is 1.21 bits per heavy atom. The van der Waals surface area contributed by atoms with Crippen molar-refractivity contribution in [1.29, 1.82) is 0 Å². The van der Waals surface area contributed by atoms with Crippen LogP contribution in [0.15, 0.2) is 48.5 Å². The number of nitrogens with one attached hydrogen (secondary N) is 1. The number of aliphatic hydroxyl groups is 1. The van der Waals surface area contributed by atoms with Crippen molar-refractivity contribution in [3.8, 4) is 5.75 Å². The van der Waals surface area contributed by atoms with Gasteiger partial charge in [0.15, 0.2) is 0 Å². The summed E-state index contributed by atoms with van der Waals surface area (Å²) < 4.78 is 0. The van der Waals surface area contributed by atoms with E-state index in [1.807, 2.05) is 6.92 Å². The van der Waals surface area contributed by atoms with Crippen LogP contribution in [-0.2, 0) is 6.42 Å². The van der Waals surface area contributed by atoms with Crippen LogP contribution in [0, 0.1) is 10.1 Å². The maximum absolute atomic E-state index is 10.6. The zero-order chi connectivity index (χ0) is 17.5. The number of rotatable bonds is 8. The van der Waals surface area contributed by atoms with E-state index in [2.05, 4.69) is 5.32 Å². The summed E-state index contributed by atoms with van der Waals surface area (Å²) in [5.74, 6) is 0.137. The first kappa shape index (κ1) is 17.9. The molecule has 0 spiro atoms. The summed E-state index contributed by atoms with van der Waals surface area (Å²) in [7, 11) is 0. The molecule has 0 fully saturated rings. The summed E-state index contributed by atoms with van der Waals surface area (Å²) in [5, 5.41) is 33.4. The molecule has 3 N–H and O–H groups in total. The molecule has 0 radical (unpaired) electrons. The Morgan fingerprint density at radius 2 is 1.92 bits per heavy atom. The number of hydrogen-bond acceptors (Lipinski definition) is 5. The molecule has 0 saturated heterocycles. The molecule has 6 heteroatoms. The maximum atomic E-state index is 10.6. The summed E-state index contributed by atoms with van der Waals surface area (Å²) in [4.78, 5) is 10.2. The van der Waals surface area contributed by atoms with Gasteiger partial charge >= 0.3 is 0 Å². The number of nitro groups is 1. The van der Waals surface area contributed by atoms with Gasteiger partial charge in [0, 0.05) is 24.7 Å². The Hall–Kier alpha value is -2.44. The van der Waals surface area contributed by atoms with Gasteiger partial charge in [-0.2, -0.15) is 0 Å². The van der Waals surface area contributed by atoms with Gasteiger partial charge in [-0.1, -0.05) is 24.3 Å². The molecule has 2 atom stereocenters. The lowest BCUT2D eigenvalue weighted by atomic mass is 10.0. The number of aryl methyl sites for hydroxylation is 1. The Bertz CT molecular complexity index is 673. The van der Waals surface area contributed by atoms with Crippen molar-refractivity contribution in [2.24, 2.45) is 0 Å². The van der Waals surface area contributed by atoms with Gasteiger partial charge in [-0.25, -0.2) is 0 Å². The second-order valence-corrected chi connectivity index (χ2v) is 5.88. The van der Waals surface area contributed by atoms with E-state index in [9.17, 15) is 20.3 Å². The van der Waals surface area contributed by atoms with Gasteiger partial charge in [0.05, 0.1) is 11.0 Å². The van der Waals surface area contributed by atoms with Gasteiger partial charge in [0.2, 0.25) is 0 Å². The fraction of sp³-hybridized carbons (Fsp3) is 0.333. The van der Waals surface area contributed by atoms with E-state index in [1.165, 1.54) is 12.1 Å². The highest BCUT2D eigenvalue weighted by atomic mass is 16.6. The zero-order valence-electron chi connectivity index (χ0n) is 13.6. The molecule has 0 saturated carbocycles. The molecule has 0 aliphatic carbocycles. The van der Waals surface area contributed by atoms with E-state index < -0.39 is 11.0 Å². The summed E-state index contributed by atoms with van der Waals surface area (Å²) >= 11 is 0. The molecule has 0 aromatic heterocycles. The lowest BCUT2D eigenvalue weighted by Crippen LogP contribution is -2.30. The van der Waals surface area contributed by atoms with Crippen LogP contribution in [0.3, 0.4) is 0 Å². The average molecular weight is 330 g/mol. The monoisotopic (exact) mass is 330 g/mol.